The molecule has 2 aromatic carbocycles. The molecule has 3 nitrogen and oxygen atoms in total. The van der Waals surface area contributed by atoms with Gasteiger partial charge in [-0.05, 0) is 33.6 Å². The summed E-state index contributed by atoms with van der Waals surface area (Å²) < 4.78 is 6.48. The average Bonchev–Trinajstić information content (AvgIpc) is 2.47. The van der Waals surface area contributed by atoms with E-state index in [1.54, 1.807) is 0 Å². The lowest BCUT2D eigenvalue weighted by Crippen LogP contribution is -2.24. The first-order valence-electron chi connectivity index (χ1n) is 6.54. The summed E-state index contributed by atoms with van der Waals surface area (Å²) in [4.78, 5) is 0. The largest absolute Gasteiger partial charge is 0.389 e. The minimum atomic E-state index is -0.536. The van der Waals surface area contributed by atoms with Crippen molar-refractivity contribution in [2.75, 3.05) is 18.5 Å². The first-order chi connectivity index (χ1) is 9.75. The molecule has 2 N–H and O–H groups in total. The number of anilines is 1. The van der Waals surface area contributed by atoms with Gasteiger partial charge >= 0.3 is 0 Å². The SMILES string of the molecule is O[C@H](CNc1ccccc1Br)COCc1ccccc1. The summed E-state index contributed by atoms with van der Waals surface area (Å²) in [7, 11) is 0. The summed E-state index contributed by atoms with van der Waals surface area (Å²) in [5.74, 6) is 0. The summed E-state index contributed by atoms with van der Waals surface area (Å²) in [6, 6.07) is 17.8. The van der Waals surface area contributed by atoms with Crippen LogP contribution in [-0.4, -0.2) is 24.4 Å². The molecule has 0 saturated heterocycles. The fourth-order valence-corrected chi connectivity index (χ4v) is 2.20. The van der Waals surface area contributed by atoms with Crippen molar-refractivity contribution in [3.8, 4) is 0 Å². The maximum atomic E-state index is 9.88. The zero-order valence-corrected chi connectivity index (χ0v) is 12.7. The molecule has 0 bridgehead atoms. The second kappa shape index (κ2) is 8.04. The van der Waals surface area contributed by atoms with Gasteiger partial charge in [0.15, 0.2) is 0 Å². The topological polar surface area (TPSA) is 41.5 Å². The van der Waals surface area contributed by atoms with Gasteiger partial charge in [-0.1, -0.05) is 42.5 Å². The first-order valence-corrected chi connectivity index (χ1v) is 7.33. The third-order valence-corrected chi connectivity index (χ3v) is 3.52. The number of aliphatic hydroxyl groups excluding tert-OH is 1. The molecule has 0 amide bonds. The highest BCUT2D eigenvalue weighted by molar-refractivity contribution is 9.10. The molecule has 106 valence electrons. The fourth-order valence-electron chi connectivity index (χ4n) is 1.78. The van der Waals surface area contributed by atoms with Gasteiger partial charge in [0.25, 0.3) is 0 Å². The van der Waals surface area contributed by atoms with E-state index in [1.165, 1.54) is 0 Å². The third kappa shape index (κ3) is 4.96. The zero-order chi connectivity index (χ0) is 14.2. The van der Waals surface area contributed by atoms with Crippen molar-refractivity contribution in [1.29, 1.82) is 0 Å². The summed E-state index contributed by atoms with van der Waals surface area (Å²) in [6.07, 6.45) is -0.536. The second-order valence-electron chi connectivity index (χ2n) is 4.52. The minimum absolute atomic E-state index is 0.312. The molecule has 20 heavy (non-hydrogen) atoms. The normalized spacial score (nSPS) is 12.1. The van der Waals surface area contributed by atoms with Crippen LogP contribution in [0.1, 0.15) is 5.56 Å². The van der Waals surface area contributed by atoms with Crippen LogP contribution in [0.5, 0.6) is 0 Å². The maximum absolute atomic E-state index is 9.88. The highest BCUT2D eigenvalue weighted by Crippen LogP contribution is 2.20. The number of rotatable bonds is 7. The van der Waals surface area contributed by atoms with Gasteiger partial charge < -0.3 is 15.2 Å². The summed E-state index contributed by atoms with van der Waals surface area (Å²) in [5, 5.41) is 13.1. The van der Waals surface area contributed by atoms with E-state index in [2.05, 4.69) is 21.2 Å². The molecular formula is C16H18BrNO2. The monoisotopic (exact) mass is 335 g/mol. The molecule has 0 fully saturated rings. The quantitative estimate of drug-likeness (QED) is 0.814. The average molecular weight is 336 g/mol. The molecule has 2 aromatic rings. The Balaban J connectivity index is 1.68. The number of aliphatic hydroxyl groups is 1. The standard InChI is InChI=1S/C16H18BrNO2/c17-15-8-4-5-9-16(15)18-10-14(19)12-20-11-13-6-2-1-3-7-13/h1-9,14,18-19H,10-12H2/t14-/m1/s1. The van der Waals surface area contributed by atoms with Gasteiger partial charge in [0.05, 0.1) is 19.3 Å². The smallest absolute Gasteiger partial charge is 0.0945 e. The zero-order valence-electron chi connectivity index (χ0n) is 11.1. The van der Waals surface area contributed by atoms with E-state index in [-0.39, 0.29) is 0 Å². The molecule has 0 aromatic heterocycles. The van der Waals surface area contributed by atoms with Crippen LogP contribution in [0, 0.1) is 0 Å². The van der Waals surface area contributed by atoms with Crippen LogP contribution in [0.2, 0.25) is 0 Å². The maximum Gasteiger partial charge on any atom is 0.0945 e. The van der Waals surface area contributed by atoms with Crippen molar-refractivity contribution in [2.45, 2.75) is 12.7 Å². The van der Waals surface area contributed by atoms with Crippen molar-refractivity contribution < 1.29 is 9.84 Å². The lowest BCUT2D eigenvalue weighted by atomic mass is 10.2. The molecule has 4 heteroatoms. The van der Waals surface area contributed by atoms with Crippen molar-refractivity contribution in [1.82, 2.24) is 0 Å². The summed E-state index contributed by atoms with van der Waals surface area (Å²) in [6.45, 7) is 1.29. The molecule has 0 radical (unpaired) electrons. The number of para-hydroxylation sites is 1. The van der Waals surface area contributed by atoms with Crippen LogP contribution >= 0.6 is 15.9 Å². The van der Waals surface area contributed by atoms with Crippen LogP contribution in [0.15, 0.2) is 59.1 Å². The molecule has 1 atom stereocenters. The number of hydrogen-bond acceptors (Lipinski definition) is 3. The van der Waals surface area contributed by atoms with E-state index in [9.17, 15) is 5.11 Å². The van der Waals surface area contributed by atoms with E-state index in [0.717, 1.165) is 15.7 Å². The van der Waals surface area contributed by atoms with E-state index in [4.69, 9.17) is 4.74 Å². The fraction of sp³-hybridized carbons (Fsp3) is 0.250. The molecule has 0 aliphatic heterocycles. The van der Waals surface area contributed by atoms with Crippen LogP contribution < -0.4 is 5.32 Å². The highest BCUT2D eigenvalue weighted by Gasteiger charge is 2.05. The number of hydrogen-bond donors (Lipinski definition) is 2. The van der Waals surface area contributed by atoms with E-state index >= 15 is 0 Å². The van der Waals surface area contributed by atoms with Crippen molar-refractivity contribution in [3.05, 3.63) is 64.6 Å². The van der Waals surface area contributed by atoms with Crippen LogP contribution in [0.25, 0.3) is 0 Å². The predicted octanol–water partition coefficient (Wildman–Crippen LogP) is 3.44. The molecule has 0 aliphatic rings. The summed E-state index contributed by atoms with van der Waals surface area (Å²) in [5.41, 5.74) is 2.08. The van der Waals surface area contributed by atoms with Gasteiger partial charge in [0, 0.05) is 16.7 Å². The Bertz CT molecular complexity index is 519. The van der Waals surface area contributed by atoms with Gasteiger partial charge in [0.2, 0.25) is 0 Å². The lowest BCUT2D eigenvalue weighted by molar-refractivity contribution is 0.0348. The van der Waals surface area contributed by atoms with Crippen molar-refractivity contribution >= 4 is 21.6 Å². The number of ether oxygens (including phenoxy) is 1. The molecule has 0 spiro atoms. The number of nitrogens with one attached hydrogen (secondary N) is 1. The highest BCUT2D eigenvalue weighted by atomic mass is 79.9. The molecule has 2 rings (SSSR count). The van der Waals surface area contributed by atoms with E-state index in [1.807, 2.05) is 54.6 Å². The van der Waals surface area contributed by atoms with E-state index < -0.39 is 6.10 Å². The van der Waals surface area contributed by atoms with Crippen LogP contribution in [0.4, 0.5) is 5.69 Å². The Hall–Kier alpha value is -1.36. The van der Waals surface area contributed by atoms with Gasteiger partial charge in [0.1, 0.15) is 0 Å². The Labute approximate surface area is 127 Å². The molecule has 0 unspecified atom stereocenters. The van der Waals surface area contributed by atoms with E-state index in [0.29, 0.717) is 19.8 Å². The molecular weight excluding hydrogens is 318 g/mol. The van der Waals surface area contributed by atoms with Gasteiger partial charge in [-0.15, -0.1) is 0 Å². The Kier molecular flexibility index (Phi) is 6.05. The van der Waals surface area contributed by atoms with Crippen molar-refractivity contribution in [2.24, 2.45) is 0 Å². The Morgan fingerprint density at radius 2 is 1.75 bits per heavy atom. The Morgan fingerprint density at radius 1 is 1.05 bits per heavy atom. The summed E-state index contributed by atoms with van der Waals surface area (Å²) >= 11 is 3.45. The van der Waals surface area contributed by atoms with Gasteiger partial charge in [-0.2, -0.15) is 0 Å². The lowest BCUT2D eigenvalue weighted by Gasteiger charge is -2.14. The number of halogens is 1. The van der Waals surface area contributed by atoms with Crippen molar-refractivity contribution in [3.63, 3.8) is 0 Å². The molecule has 0 saturated carbocycles. The first kappa shape index (κ1) is 15.0. The molecule has 0 aliphatic carbocycles. The second-order valence-corrected chi connectivity index (χ2v) is 5.37. The Morgan fingerprint density at radius 3 is 2.50 bits per heavy atom. The van der Waals surface area contributed by atoms with Gasteiger partial charge in [-0.25, -0.2) is 0 Å². The number of benzene rings is 2. The van der Waals surface area contributed by atoms with Gasteiger partial charge in [-0.3, -0.25) is 0 Å². The minimum Gasteiger partial charge on any atom is -0.389 e. The van der Waals surface area contributed by atoms with Crippen LogP contribution in [0.3, 0.4) is 0 Å². The third-order valence-electron chi connectivity index (χ3n) is 2.82. The molecule has 0 heterocycles. The van der Waals surface area contributed by atoms with Crippen LogP contribution in [-0.2, 0) is 11.3 Å². The predicted molar refractivity (Wildman–Crippen MR) is 84.7 cm³/mol.